The van der Waals surface area contributed by atoms with Gasteiger partial charge in [-0.25, -0.2) is 4.79 Å². The predicted octanol–water partition coefficient (Wildman–Crippen LogP) is 5.54. The zero-order valence-electron chi connectivity index (χ0n) is 19.5. The summed E-state index contributed by atoms with van der Waals surface area (Å²) in [6.07, 6.45) is 0.460. The second-order valence-electron chi connectivity index (χ2n) is 10.7. The number of hydrogen-bond acceptors (Lipinski definition) is 4. The Bertz CT molecular complexity index is 489. The Morgan fingerprint density at radius 3 is 1.93 bits per heavy atom. The van der Waals surface area contributed by atoms with Crippen LogP contribution in [0.4, 0.5) is 4.79 Å². The van der Waals surface area contributed by atoms with E-state index in [1.807, 2.05) is 41.5 Å². The molecule has 2 atom stereocenters. The van der Waals surface area contributed by atoms with E-state index in [-0.39, 0.29) is 16.7 Å². The number of Topliss-reactive ketones (excluding diaryl/α,β-unsaturated/α-hetero) is 1. The molecule has 0 aromatic carbocycles. The van der Waals surface area contributed by atoms with E-state index in [1.54, 1.807) is 0 Å². The lowest BCUT2D eigenvalue weighted by atomic mass is 9.95. The van der Waals surface area contributed by atoms with Crippen LogP contribution in [0, 0.1) is 11.8 Å². The van der Waals surface area contributed by atoms with Gasteiger partial charge in [-0.3, -0.25) is 4.79 Å². The van der Waals surface area contributed by atoms with Crippen LogP contribution in [-0.4, -0.2) is 38.4 Å². The number of hydrogen-bond donors (Lipinski definition) is 1. The molecule has 0 spiro atoms. The molecule has 5 nitrogen and oxygen atoms in total. The van der Waals surface area contributed by atoms with E-state index in [0.717, 1.165) is 0 Å². The van der Waals surface area contributed by atoms with Crippen molar-refractivity contribution in [2.24, 2.45) is 11.8 Å². The molecule has 6 heteroatoms. The van der Waals surface area contributed by atoms with Crippen LogP contribution >= 0.6 is 0 Å². The Balaban J connectivity index is 4.82. The molecule has 160 valence electrons. The zero-order chi connectivity index (χ0) is 21.6. The molecule has 27 heavy (non-hydrogen) atoms. The second kappa shape index (κ2) is 10.1. The van der Waals surface area contributed by atoms with E-state index in [2.05, 4.69) is 39.2 Å². The lowest BCUT2D eigenvalue weighted by molar-refractivity contribution is -0.122. The van der Waals surface area contributed by atoms with Crippen LogP contribution in [0.25, 0.3) is 0 Å². The summed E-state index contributed by atoms with van der Waals surface area (Å²) in [6, 6.07) is -0.518. The van der Waals surface area contributed by atoms with Gasteiger partial charge in [0.2, 0.25) is 0 Å². The van der Waals surface area contributed by atoms with E-state index in [4.69, 9.17) is 9.16 Å². The van der Waals surface area contributed by atoms with E-state index in [0.29, 0.717) is 25.4 Å². The lowest BCUT2D eigenvalue weighted by Crippen LogP contribution is -2.45. The average molecular weight is 402 g/mol. The Morgan fingerprint density at radius 1 is 1.00 bits per heavy atom. The first-order valence-corrected chi connectivity index (χ1v) is 13.0. The first-order chi connectivity index (χ1) is 11.9. The molecular formula is C21H43NO4Si. The molecule has 0 aliphatic heterocycles. The number of rotatable bonds is 9. The maximum Gasteiger partial charge on any atom is 0.408 e. The molecule has 0 saturated carbocycles. The molecule has 0 aliphatic carbocycles. The van der Waals surface area contributed by atoms with Gasteiger partial charge in [0.15, 0.2) is 14.1 Å². The summed E-state index contributed by atoms with van der Waals surface area (Å²) in [7, 11) is -1.83. The normalized spacial score (nSPS) is 15.4. The van der Waals surface area contributed by atoms with Gasteiger partial charge in [-0.05, 0) is 57.2 Å². The maximum absolute atomic E-state index is 12.8. The molecule has 0 rings (SSSR count). The fourth-order valence-corrected chi connectivity index (χ4v) is 3.44. The Labute approximate surface area is 168 Å². The van der Waals surface area contributed by atoms with Crippen molar-refractivity contribution in [1.29, 1.82) is 0 Å². The summed E-state index contributed by atoms with van der Waals surface area (Å²) < 4.78 is 11.6. The third-order valence-corrected chi connectivity index (χ3v) is 9.37. The van der Waals surface area contributed by atoms with Crippen molar-refractivity contribution >= 4 is 20.2 Å². The number of ether oxygens (including phenoxy) is 1. The lowest BCUT2D eigenvalue weighted by Gasteiger charge is -2.37. The quantitative estimate of drug-likeness (QED) is 0.515. The van der Waals surface area contributed by atoms with Crippen LogP contribution in [0.15, 0.2) is 0 Å². The Morgan fingerprint density at radius 2 is 1.52 bits per heavy atom. The van der Waals surface area contributed by atoms with Gasteiger partial charge in [0, 0.05) is 13.0 Å². The molecule has 0 radical (unpaired) electrons. The van der Waals surface area contributed by atoms with Crippen LogP contribution in [0.1, 0.15) is 75.2 Å². The minimum Gasteiger partial charge on any atom is -0.444 e. The predicted molar refractivity (Wildman–Crippen MR) is 115 cm³/mol. The molecule has 0 heterocycles. The Kier molecular flexibility index (Phi) is 9.73. The highest BCUT2D eigenvalue weighted by molar-refractivity contribution is 6.74. The fourth-order valence-electron chi connectivity index (χ4n) is 2.30. The molecular weight excluding hydrogens is 358 g/mol. The van der Waals surface area contributed by atoms with Crippen molar-refractivity contribution in [3.05, 3.63) is 0 Å². The van der Waals surface area contributed by atoms with Gasteiger partial charge in [0.1, 0.15) is 5.60 Å². The summed E-state index contributed by atoms with van der Waals surface area (Å²) in [6.45, 7) is 23.2. The van der Waals surface area contributed by atoms with Crippen LogP contribution in [0.5, 0.6) is 0 Å². The largest absolute Gasteiger partial charge is 0.444 e. The summed E-state index contributed by atoms with van der Waals surface area (Å²) in [5, 5.41) is 2.91. The van der Waals surface area contributed by atoms with E-state index in [1.165, 1.54) is 0 Å². The molecule has 0 aromatic rings. The van der Waals surface area contributed by atoms with Crippen LogP contribution in [-0.2, 0) is 14.0 Å². The standard InChI is InChI=1S/C21H43NO4Si/c1-15(2)12-17(22-19(24)26-20(4,5)6)18(23)13-16(3)14-25-27(10,11)21(7,8)9/h15-17H,12-14H2,1-11H3,(H,22,24)/t16-,17+/m1/s1. The smallest absolute Gasteiger partial charge is 0.408 e. The van der Waals surface area contributed by atoms with Gasteiger partial charge >= 0.3 is 6.09 Å². The summed E-state index contributed by atoms with van der Waals surface area (Å²) in [5.74, 6) is 0.454. The third-order valence-electron chi connectivity index (χ3n) is 4.87. The average Bonchev–Trinajstić information content (AvgIpc) is 2.40. The molecule has 0 aromatic heterocycles. The highest BCUT2D eigenvalue weighted by atomic mass is 28.4. The highest BCUT2D eigenvalue weighted by Gasteiger charge is 2.37. The van der Waals surface area contributed by atoms with Crippen LogP contribution < -0.4 is 5.32 Å². The molecule has 1 N–H and O–H groups in total. The number of nitrogens with one attached hydrogen (secondary N) is 1. The summed E-state index contributed by atoms with van der Waals surface area (Å²) in [5.41, 5.74) is -0.584. The number of carbonyl (C=O) groups excluding carboxylic acids is 2. The van der Waals surface area contributed by atoms with Gasteiger partial charge in [-0.1, -0.05) is 41.5 Å². The summed E-state index contributed by atoms with van der Waals surface area (Å²) in [4.78, 5) is 24.9. The monoisotopic (exact) mass is 401 g/mol. The molecule has 0 saturated heterocycles. The highest BCUT2D eigenvalue weighted by Crippen LogP contribution is 2.36. The van der Waals surface area contributed by atoms with Crippen molar-refractivity contribution in [2.75, 3.05) is 6.61 Å². The Hall–Kier alpha value is -0.883. The molecule has 0 bridgehead atoms. The van der Waals surface area contributed by atoms with Crippen molar-refractivity contribution in [2.45, 2.75) is 105 Å². The maximum atomic E-state index is 12.8. The van der Waals surface area contributed by atoms with E-state index >= 15 is 0 Å². The minimum absolute atomic E-state index is 0.0425. The number of ketones is 1. The second-order valence-corrected chi connectivity index (χ2v) is 15.5. The molecule has 0 fully saturated rings. The fraction of sp³-hybridized carbons (Fsp3) is 0.905. The van der Waals surface area contributed by atoms with Crippen LogP contribution in [0.2, 0.25) is 18.1 Å². The van der Waals surface area contributed by atoms with Crippen molar-refractivity contribution in [3.8, 4) is 0 Å². The first-order valence-electron chi connectivity index (χ1n) is 10.1. The van der Waals surface area contributed by atoms with Crippen molar-refractivity contribution in [3.63, 3.8) is 0 Å². The van der Waals surface area contributed by atoms with Gasteiger partial charge in [0.25, 0.3) is 0 Å². The molecule has 0 aliphatic rings. The van der Waals surface area contributed by atoms with E-state index < -0.39 is 26.1 Å². The van der Waals surface area contributed by atoms with E-state index in [9.17, 15) is 9.59 Å². The van der Waals surface area contributed by atoms with Gasteiger partial charge < -0.3 is 14.5 Å². The zero-order valence-corrected chi connectivity index (χ0v) is 20.5. The number of amides is 1. The van der Waals surface area contributed by atoms with Crippen molar-refractivity contribution in [1.82, 2.24) is 5.32 Å². The number of carbonyl (C=O) groups is 2. The van der Waals surface area contributed by atoms with Crippen molar-refractivity contribution < 1.29 is 18.8 Å². The topological polar surface area (TPSA) is 64.6 Å². The first kappa shape index (κ1) is 26.1. The molecule has 1 amide bonds. The summed E-state index contributed by atoms with van der Waals surface area (Å²) >= 11 is 0. The van der Waals surface area contributed by atoms with Gasteiger partial charge in [0.05, 0.1) is 6.04 Å². The number of alkyl carbamates (subject to hydrolysis) is 1. The SMILES string of the molecule is CC(C)C[C@H](NC(=O)OC(C)(C)C)C(=O)C[C@@H](C)CO[Si](C)(C)C(C)(C)C. The van der Waals surface area contributed by atoms with Gasteiger partial charge in [-0.15, -0.1) is 0 Å². The third kappa shape index (κ3) is 10.9. The minimum atomic E-state index is -1.83. The van der Waals surface area contributed by atoms with Crippen LogP contribution in [0.3, 0.4) is 0 Å². The van der Waals surface area contributed by atoms with Gasteiger partial charge in [-0.2, -0.15) is 0 Å². The molecule has 0 unspecified atom stereocenters.